The fourth-order valence-corrected chi connectivity index (χ4v) is 2.32. The lowest BCUT2D eigenvalue weighted by atomic mass is 10.1. The van der Waals surface area contributed by atoms with Gasteiger partial charge < -0.3 is 0 Å². The van der Waals surface area contributed by atoms with Crippen molar-refractivity contribution in [2.45, 2.75) is 19.3 Å². The first kappa shape index (κ1) is 14.6. The molecule has 0 spiro atoms. The van der Waals surface area contributed by atoms with Crippen LogP contribution in [-0.4, -0.2) is 30.0 Å². The van der Waals surface area contributed by atoms with Gasteiger partial charge in [-0.3, -0.25) is 21.0 Å². The Morgan fingerprint density at radius 3 is 2.35 bits per heavy atom. The van der Waals surface area contributed by atoms with Crippen LogP contribution in [0.3, 0.4) is 0 Å². The van der Waals surface area contributed by atoms with Crippen LogP contribution in [0, 0.1) is 10.8 Å². The van der Waals surface area contributed by atoms with Crippen LogP contribution in [0.5, 0.6) is 0 Å². The van der Waals surface area contributed by atoms with Crippen molar-refractivity contribution in [2.75, 3.05) is 18.1 Å². The molecule has 0 unspecified atom stereocenters. The molecule has 0 radical (unpaired) electrons. The molecule has 0 aromatic heterocycles. The van der Waals surface area contributed by atoms with Gasteiger partial charge in [0.25, 0.3) is 0 Å². The first-order valence-electron chi connectivity index (χ1n) is 6.63. The number of hydrogen-bond donors (Lipinski definition) is 4. The molecule has 7 heteroatoms. The van der Waals surface area contributed by atoms with Crippen molar-refractivity contribution in [3.05, 3.63) is 30.3 Å². The predicted molar refractivity (Wildman–Crippen MR) is 81.9 cm³/mol. The smallest absolute Gasteiger partial charge is 0.217 e. The van der Waals surface area contributed by atoms with Crippen molar-refractivity contribution in [2.24, 2.45) is 0 Å². The molecule has 20 heavy (non-hydrogen) atoms. The van der Waals surface area contributed by atoms with Gasteiger partial charge in [0.1, 0.15) is 0 Å². The van der Waals surface area contributed by atoms with Crippen LogP contribution in [0.15, 0.2) is 30.3 Å². The molecule has 108 valence electrons. The maximum Gasteiger partial charge on any atom is 0.217 e. The largest absolute Gasteiger partial charge is 0.295 e. The second-order valence-electron chi connectivity index (χ2n) is 4.60. The molecule has 1 saturated heterocycles. The molecule has 2 rings (SSSR count). The Balaban J connectivity index is 2.19. The third-order valence-electron chi connectivity index (χ3n) is 3.17. The first-order chi connectivity index (χ1) is 9.72. The maximum absolute atomic E-state index is 8.19. The van der Waals surface area contributed by atoms with Gasteiger partial charge in [-0.1, -0.05) is 24.6 Å². The number of nitrogens with one attached hydrogen (secondary N) is 4. The minimum atomic E-state index is -0.116. The molecule has 1 aromatic rings. The number of hydrogen-bond acceptors (Lipinski definition) is 3. The minimum Gasteiger partial charge on any atom is -0.295 e. The summed E-state index contributed by atoms with van der Waals surface area (Å²) in [5.74, 6) is -0.00847. The van der Waals surface area contributed by atoms with Crippen LogP contribution in [0.1, 0.15) is 19.3 Å². The zero-order valence-electron chi connectivity index (χ0n) is 11.2. The lowest BCUT2D eigenvalue weighted by molar-refractivity contribution is 0.235. The van der Waals surface area contributed by atoms with E-state index in [9.17, 15) is 0 Å². The molecule has 0 atom stereocenters. The predicted octanol–water partition coefficient (Wildman–Crippen LogP) is 2.10. The summed E-state index contributed by atoms with van der Waals surface area (Å²) in [6.45, 7) is 1.81. The van der Waals surface area contributed by atoms with Gasteiger partial charge in [0.05, 0.1) is 5.69 Å². The van der Waals surface area contributed by atoms with Gasteiger partial charge in [-0.15, -0.1) is 0 Å². The molecule has 1 heterocycles. The summed E-state index contributed by atoms with van der Waals surface area (Å²) < 4.78 is 0. The zero-order valence-corrected chi connectivity index (χ0v) is 12.0. The van der Waals surface area contributed by atoms with Gasteiger partial charge in [0, 0.05) is 24.9 Å². The Morgan fingerprint density at radius 1 is 1.10 bits per heavy atom. The van der Waals surface area contributed by atoms with Crippen molar-refractivity contribution in [1.29, 1.82) is 10.8 Å². The Bertz CT molecular complexity index is 457. The van der Waals surface area contributed by atoms with Gasteiger partial charge in [-0.25, -0.2) is 10.0 Å². The quantitative estimate of drug-likeness (QED) is 0.383. The number of hydrazine groups is 1. The van der Waals surface area contributed by atoms with E-state index in [0.29, 0.717) is 0 Å². The monoisotopic (exact) mass is 294 g/mol. The number of para-hydroxylation sites is 1. The molecular formula is C13H19ClN6. The van der Waals surface area contributed by atoms with E-state index in [4.69, 9.17) is 22.6 Å². The van der Waals surface area contributed by atoms with E-state index in [1.807, 2.05) is 30.3 Å². The van der Waals surface area contributed by atoms with Crippen LogP contribution in [-0.2, 0) is 0 Å². The van der Waals surface area contributed by atoms with Crippen LogP contribution in [0.4, 0.5) is 5.69 Å². The fraction of sp³-hybridized carbons (Fsp3) is 0.385. The SMILES string of the molecule is N=C(NCl)NC(=N)N(c1ccccc1)N1CCCCC1. The highest BCUT2D eigenvalue weighted by atomic mass is 35.5. The van der Waals surface area contributed by atoms with E-state index in [0.717, 1.165) is 31.6 Å². The van der Waals surface area contributed by atoms with Gasteiger partial charge in [-0.05, 0) is 25.0 Å². The number of halogens is 1. The summed E-state index contributed by atoms with van der Waals surface area (Å²) in [4.78, 5) is 2.16. The molecule has 1 aromatic carbocycles. The van der Waals surface area contributed by atoms with Gasteiger partial charge >= 0.3 is 0 Å². The zero-order chi connectivity index (χ0) is 14.4. The van der Waals surface area contributed by atoms with Crippen molar-refractivity contribution < 1.29 is 0 Å². The van der Waals surface area contributed by atoms with Crippen molar-refractivity contribution >= 4 is 29.4 Å². The normalized spacial score (nSPS) is 15.4. The Hall–Kier alpha value is -1.79. The molecule has 4 N–H and O–H groups in total. The molecule has 0 saturated carbocycles. The maximum atomic E-state index is 8.19. The highest BCUT2D eigenvalue weighted by Gasteiger charge is 2.22. The molecule has 6 nitrogen and oxygen atoms in total. The second-order valence-corrected chi connectivity index (χ2v) is 4.79. The van der Waals surface area contributed by atoms with E-state index >= 15 is 0 Å². The van der Waals surface area contributed by atoms with E-state index in [-0.39, 0.29) is 11.9 Å². The number of rotatable bonds is 2. The van der Waals surface area contributed by atoms with E-state index in [1.165, 1.54) is 6.42 Å². The highest BCUT2D eigenvalue weighted by molar-refractivity contribution is 6.23. The number of guanidine groups is 2. The molecule has 0 aliphatic carbocycles. The third-order valence-corrected chi connectivity index (χ3v) is 3.35. The number of anilines is 1. The van der Waals surface area contributed by atoms with Crippen LogP contribution in [0.25, 0.3) is 0 Å². The summed E-state index contributed by atoms with van der Waals surface area (Å²) >= 11 is 5.37. The van der Waals surface area contributed by atoms with Gasteiger partial charge in [0.15, 0.2) is 0 Å². The number of nitrogens with zero attached hydrogens (tertiary/aromatic N) is 2. The summed E-state index contributed by atoms with van der Waals surface area (Å²) in [5.41, 5.74) is 0.897. The van der Waals surface area contributed by atoms with Gasteiger partial charge in [-0.2, -0.15) is 0 Å². The molecule has 1 fully saturated rings. The Labute approximate surface area is 123 Å². The molecule has 0 bridgehead atoms. The van der Waals surface area contributed by atoms with E-state index < -0.39 is 0 Å². The van der Waals surface area contributed by atoms with Crippen LogP contribution >= 0.6 is 11.8 Å². The summed E-state index contributed by atoms with van der Waals surface area (Å²) in [5, 5.41) is 22.2. The average Bonchev–Trinajstić information content (AvgIpc) is 2.49. The highest BCUT2D eigenvalue weighted by Crippen LogP contribution is 2.19. The Morgan fingerprint density at radius 2 is 1.75 bits per heavy atom. The Kier molecular flexibility index (Phi) is 5.20. The van der Waals surface area contributed by atoms with E-state index in [1.54, 1.807) is 5.01 Å². The first-order valence-corrected chi connectivity index (χ1v) is 7.01. The average molecular weight is 295 g/mol. The standard InChI is InChI=1S/C13H19ClN6/c14-18-12(15)17-13(16)20(11-7-3-1-4-8-11)19-9-5-2-6-10-19/h1,3-4,7-8H,2,5-6,9-10H2,(H4,15,16,17,18). The minimum absolute atomic E-state index is 0.108. The topological polar surface area (TPSA) is 78.2 Å². The van der Waals surface area contributed by atoms with Crippen molar-refractivity contribution in [3.63, 3.8) is 0 Å². The number of benzene rings is 1. The van der Waals surface area contributed by atoms with Gasteiger partial charge in [0.2, 0.25) is 11.9 Å². The third kappa shape index (κ3) is 3.61. The summed E-state index contributed by atoms with van der Waals surface area (Å²) in [6, 6.07) is 9.71. The molecule has 0 amide bonds. The lowest BCUT2D eigenvalue weighted by Crippen LogP contribution is -2.55. The van der Waals surface area contributed by atoms with Crippen molar-refractivity contribution in [1.82, 2.24) is 15.2 Å². The van der Waals surface area contributed by atoms with Crippen LogP contribution < -0.4 is 15.2 Å². The molecule has 1 aliphatic rings. The molecule has 1 aliphatic heterocycles. The van der Waals surface area contributed by atoms with E-state index in [2.05, 4.69) is 15.2 Å². The van der Waals surface area contributed by atoms with Crippen molar-refractivity contribution in [3.8, 4) is 0 Å². The fourth-order valence-electron chi connectivity index (χ4n) is 2.28. The molecular weight excluding hydrogens is 276 g/mol. The summed E-state index contributed by atoms with van der Waals surface area (Å²) in [7, 11) is 0. The van der Waals surface area contributed by atoms with Crippen LogP contribution in [0.2, 0.25) is 0 Å². The second kappa shape index (κ2) is 7.12. The lowest BCUT2D eigenvalue weighted by Gasteiger charge is -2.38. The number of piperidine rings is 1. The summed E-state index contributed by atoms with van der Waals surface area (Å²) in [6.07, 6.45) is 3.45.